The maximum atomic E-state index is 12.4. The average Bonchev–Trinajstić information content (AvgIpc) is 3.06. The molecule has 0 spiro atoms. The van der Waals surface area contributed by atoms with E-state index < -0.39 is 30.3 Å². The van der Waals surface area contributed by atoms with Crippen LogP contribution in [0.2, 0.25) is 0 Å². The maximum absolute atomic E-state index is 12.4. The fourth-order valence-electron chi connectivity index (χ4n) is 3.77. The number of hydrogen-bond donors (Lipinski definition) is 1. The largest absolute Gasteiger partial charge is 0.452 e. The average molecular weight is 442 g/mol. The lowest BCUT2D eigenvalue weighted by Gasteiger charge is -2.15. The van der Waals surface area contributed by atoms with Crippen LogP contribution in [0, 0.1) is 0 Å². The summed E-state index contributed by atoms with van der Waals surface area (Å²) < 4.78 is 5.12. The van der Waals surface area contributed by atoms with Gasteiger partial charge in [0.25, 0.3) is 17.7 Å². The topological polar surface area (TPSA) is 92.8 Å². The van der Waals surface area contributed by atoms with Crippen molar-refractivity contribution in [3.05, 3.63) is 95.6 Å². The Kier molecular flexibility index (Phi) is 6.04. The van der Waals surface area contributed by atoms with E-state index in [0.717, 1.165) is 21.2 Å². The van der Waals surface area contributed by atoms with Crippen molar-refractivity contribution in [1.82, 2.24) is 10.2 Å². The van der Waals surface area contributed by atoms with Crippen molar-refractivity contribution in [3.63, 3.8) is 0 Å². The third kappa shape index (κ3) is 4.39. The van der Waals surface area contributed by atoms with Crippen LogP contribution in [-0.2, 0) is 9.53 Å². The van der Waals surface area contributed by atoms with Crippen molar-refractivity contribution in [2.45, 2.75) is 13.0 Å². The van der Waals surface area contributed by atoms with E-state index >= 15 is 0 Å². The molecule has 0 bridgehead atoms. The summed E-state index contributed by atoms with van der Waals surface area (Å²) in [5, 5.41) is 4.99. The number of carbonyl (C=O) groups excluding carboxylic acids is 4. The summed E-state index contributed by atoms with van der Waals surface area (Å²) >= 11 is 0. The van der Waals surface area contributed by atoms with Gasteiger partial charge in [0.2, 0.25) is 0 Å². The molecule has 3 aromatic carbocycles. The molecule has 166 valence electrons. The van der Waals surface area contributed by atoms with E-state index in [9.17, 15) is 19.2 Å². The highest BCUT2D eigenvalue weighted by atomic mass is 16.5. The van der Waals surface area contributed by atoms with Gasteiger partial charge in [-0.25, -0.2) is 4.79 Å². The molecule has 3 amide bonds. The number of esters is 1. The van der Waals surface area contributed by atoms with Crippen LogP contribution >= 0.6 is 0 Å². The zero-order valence-electron chi connectivity index (χ0n) is 18.0. The summed E-state index contributed by atoms with van der Waals surface area (Å²) in [5.41, 5.74) is 1.37. The molecule has 0 aromatic heterocycles. The van der Waals surface area contributed by atoms with Crippen molar-refractivity contribution < 1.29 is 23.9 Å². The Morgan fingerprint density at radius 2 is 1.73 bits per heavy atom. The van der Waals surface area contributed by atoms with Crippen molar-refractivity contribution in [1.29, 1.82) is 0 Å². The summed E-state index contributed by atoms with van der Waals surface area (Å²) in [4.78, 5) is 50.5. The van der Waals surface area contributed by atoms with Gasteiger partial charge in [0.05, 0.1) is 22.7 Å². The highest BCUT2D eigenvalue weighted by Crippen LogP contribution is 2.24. The zero-order valence-corrected chi connectivity index (χ0v) is 18.0. The Bertz CT molecular complexity index is 1300. The summed E-state index contributed by atoms with van der Waals surface area (Å²) in [6.45, 7) is 5.00. The van der Waals surface area contributed by atoms with Gasteiger partial charge in [-0.3, -0.25) is 19.3 Å². The lowest BCUT2D eigenvalue weighted by molar-refractivity contribution is -0.124. The van der Waals surface area contributed by atoms with Crippen LogP contribution in [0.3, 0.4) is 0 Å². The minimum Gasteiger partial charge on any atom is -0.452 e. The lowest BCUT2D eigenvalue weighted by atomic mass is 10.0. The van der Waals surface area contributed by atoms with E-state index in [-0.39, 0.29) is 29.3 Å². The number of fused-ring (bicyclic) bond motifs is 2. The van der Waals surface area contributed by atoms with E-state index in [2.05, 4.69) is 11.9 Å². The van der Waals surface area contributed by atoms with Crippen LogP contribution in [0.25, 0.3) is 10.8 Å². The Hall–Kier alpha value is -4.26. The van der Waals surface area contributed by atoms with Gasteiger partial charge >= 0.3 is 5.97 Å². The number of amides is 3. The second-order valence-corrected chi connectivity index (χ2v) is 7.74. The van der Waals surface area contributed by atoms with Gasteiger partial charge in [-0.15, -0.1) is 6.58 Å². The fraction of sp³-hybridized carbons (Fsp3) is 0.154. The summed E-state index contributed by atoms with van der Waals surface area (Å²) in [7, 11) is 0. The standard InChI is InChI=1S/C26H22N2O5/c1-3-12-28-24(30)21-11-10-20(14-22(21)25(28)31)26(32)33-15-23(29)27-16(2)18-9-8-17-6-4-5-7-19(17)13-18/h3-11,13-14,16H,1,12,15H2,2H3,(H,27,29). The predicted octanol–water partition coefficient (Wildman–Crippen LogP) is 3.66. The number of rotatable bonds is 7. The predicted molar refractivity (Wildman–Crippen MR) is 123 cm³/mol. The van der Waals surface area contributed by atoms with Crippen LogP contribution in [0.5, 0.6) is 0 Å². The fourth-order valence-corrected chi connectivity index (χ4v) is 3.77. The van der Waals surface area contributed by atoms with Gasteiger partial charge < -0.3 is 10.1 Å². The highest BCUT2D eigenvalue weighted by molar-refractivity contribution is 6.22. The Balaban J connectivity index is 1.37. The van der Waals surface area contributed by atoms with Gasteiger partial charge in [0.1, 0.15) is 0 Å². The van der Waals surface area contributed by atoms with Crippen LogP contribution in [0.1, 0.15) is 49.6 Å². The highest BCUT2D eigenvalue weighted by Gasteiger charge is 2.35. The van der Waals surface area contributed by atoms with Crippen LogP contribution in [0.15, 0.2) is 73.3 Å². The van der Waals surface area contributed by atoms with E-state index in [1.54, 1.807) is 0 Å². The quantitative estimate of drug-likeness (QED) is 0.343. The molecule has 1 atom stereocenters. The van der Waals surface area contributed by atoms with Crippen LogP contribution in [-0.4, -0.2) is 41.7 Å². The summed E-state index contributed by atoms with van der Waals surface area (Å²) in [5.74, 6) is -2.13. The van der Waals surface area contributed by atoms with Gasteiger partial charge in [-0.05, 0) is 47.5 Å². The molecule has 4 rings (SSSR count). The molecule has 1 unspecified atom stereocenters. The number of carbonyl (C=O) groups is 4. The molecular formula is C26H22N2O5. The Morgan fingerprint density at radius 1 is 1.00 bits per heavy atom. The monoisotopic (exact) mass is 442 g/mol. The number of nitrogens with zero attached hydrogens (tertiary/aromatic N) is 1. The zero-order chi connectivity index (χ0) is 23.5. The molecule has 0 saturated heterocycles. The van der Waals surface area contributed by atoms with E-state index in [1.165, 1.54) is 24.3 Å². The third-order valence-electron chi connectivity index (χ3n) is 5.50. The Labute approximate surface area is 190 Å². The first-order valence-electron chi connectivity index (χ1n) is 10.5. The van der Waals surface area contributed by atoms with Crippen molar-refractivity contribution in [3.8, 4) is 0 Å². The number of nitrogens with one attached hydrogen (secondary N) is 1. The molecule has 7 nitrogen and oxygen atoms in total. The van der Waals surface area contributed by atoms with Crippen LogP contribution in [0.4, 0.5) is 0 Å². The molecule has 7 heteroatoms. The molecule has 33 heavy (non-hydrogen) atoms. The van der Waals surface area contributed by atoms with E-state index in [1.807, 2.05) is 49.4 Å². The minimum atomic E-state index is -0.756. The first-order valence-corrected chi connectivity index (χ1v) is 10.5. The minimum absolute atomic E-state index is 0.0850. The maximum Gasteiger partial charge on any atom is 0.338 e. The molecule has 3 aromatic rings. The van der Waals surface area contributed by atoms with Gasteiger partial charge in [0.15, 0.2) is 6.61 Å². The summed E-state index contributed by atoms with van der Waals surface area (Å²) in [6.07, 6.45) is 1.45. The smallest absolute Gasteiger partial charge is 0.338 e. The second kappa shape index (κ2) is 9.08. The Morgan fingerprint density at radius 3 is 2.48 bits per heavy atom. The van der Waals surface area contributed by atoms with E-state index in [4.69, 9.17) is 4.74 Å². The molecule has 0 saturated carbocycles. The van der Waals surface area contributed by atoms with Crippen LogP contribution < -0.4 is 5.32 Å². The van der Waals surface area contributed by atoms with Gasteiger partial charge in [0, 0.05) is 6.54 Å². The molecule has 1 N–H and O–H groups in total. The molecular weight excluding hydrogens is 420 g/mol. The number of ether oxygens (including phenoxy) is 1. The molecule has 0 aliphatic carbocycles. The van der Waals surface area contributed by atoms with Crippen molar-refractivity contribution >= 4 is 34.5 Å². The molecule has 0 fully saturated rings. The normalized spacial score (nSPS) is 13.5. The molecule has 1 aliphatic heterocycles. The number of hydrogen-bond acceptors (Lipinski definition) is 5. The number of benzene rings is 3. The van der Waals surface area contributed by atoms with Gasteiger partial charge in [-0.1, -0.05) is 42.5 Å². The van der Waals surface area contributed by atoms with Gasteiger partial charge in [-0.2, -0.15) is 0 Å². The van der Waals surface area contributed by atoms with E-state index in [0.29, 0.717) is 0 Å². The van der Waals surface area contributed by atoms with Crippen molar-refractivity contribution in [2.75, 3.05) is 13.2 Å². The number of imide groups is 1. The third-order valence-corrected chi connectivity index (χ3v) is 5.50. The second-order valence-electron chi connectivity index (χ2n) is 7.74. The lowest BCUT2D eigenvalue weighted by Crippen LogP contribution is -2.31. The van der Waals surface area contributed by atoms with Crippen molar-refractivity contribution in [2.24, 2.45) is 0 Å². The SMILES string of the molecule is C=CCN1C(=O)c2ccc(C(=O)OCC(=O)NC(C)c3ccc4ccccc4c3)cc2C1=O. The first kappa shape index (κ1) is 22.0. The molecule has 1 aliphatic rings. The first-order chi connectivity index (χ1) is 15.9. The molecule has 1 heterocycles. The summed E-state index contributed by atoms with van der Waals surface area (Å²) in [6, 6.07) is 17.7. The molecule has 0 radical (unpaired) electrons.